The number of benzene rings is 4. The summed E-state index contributed by atoms with van der Waals surface area (Å²) in [7, 11) is 0. The van der Waals surface area contributed by atoms with E-state index in [2.05, 4.69) is 70.7 Å². The molecular formula is C35H41NO6. The Hall–Kier alpha value is -3.78. The Kier molecular flexibility index (Phi) is 12.3. The fourth-order valence-electron chi connectivity index (χ4n) is 5.13. The van der Waals surface area contributed by atoms with Crippen LogP contribution in [0.25, 0.3) is 21.5 Å². The van der Waals surface area contributed by atoms with Gasteiger partial charge in [0.05, 0.1) is 0 Å². The first-order chi connectivity index (χ1) is 20.5. The number of fused-ring (bicyclic) bond motifs is 2. The van der Waals surface area contributed by atoms with Crippen molar-refractivity contribution in [3.05, 3.63) is 96.1 Å². The fraction of sp³-hybridized carbons (Fsp3) is 0.371. The summed E-state index contributed by atoms with van der Waals surface area (Å²) in [6.07, 6.45) is 3.83. The molecule has 0 saturated carbocycles. The number of hydrogen-bond donors (Lipinski definition) is 3. The zero-order valence-corrected chi connectivity index (χ0v) is 24.0. The predicted molar refractivity (Wildman–Crippen MR) is 165 cm³/mol. The quantitative estimate of drug-likeness (QED) is 0.0882. The molecule has 42 heavy (non-hydrogen) atoms. The van der Waals surface area contributed by atoms with Crippen molar-refractivity contribution in [1.29, 1.82) is 0 Å². The van der Waals surface area contributed by atoms with E-state index >= 15 is 0 Å². The van der Waals surface area contributed by atoms with Crippen molar-refractivity contribution in [3.8, 4) is 0 Å². The molecule has 0 aromatic heterocycles. The van der Waals surface area contributed by atoms with Crippen LogP contribution in [-0.2, 0) is 31.9 Å². The zero-order valence-electron chi connectivity index (χ0n) is 24.0. The number of ether oxygens (including phenoxy) is 2. The molecule has 1 amide bonds. The molecule has 2 atom stereocenters. The fourth-order valence-corrected chi connectivity index (χ4v) is 5.13. The van der Waals surface area contributed by atoms with Crippen molar-refractivity contribution in [1.82, 2.24) is 5.32 Å². The SMILES string of the molecule is O=C(OCO)C(O)C(OCCCCCc1ccc2ccccc2c1)C(=O)NCCCCCc1ccc2ccccc2c1. The lowest BCUT2D eigenvalue weighted by Gasteiger charge is -2.21. The van der Waals surface area contributed by atoms with Crippen molar-refractivity contribution in [2.75, 3.05) is 19.9 Å². The minimum atomic E-state index is -1.82. The molecule has 0 radical (unpaired) electrons. The number of carbonyl (C=O) groups excluding carboxylic acids is 2. The third-order valence-electron chi connectivity index (χ3n) is 7.47. The van der Waals surface area contributed by atoms with Gasteiger partial charge in [-0.1, -0.05) is 97.8 Å². The largest absolute Gasteiger partial charge is 0.437 e. The molecule has 7 heteroatoms. The lowest BCUT2D eigenvalue weighted by molar-refractivity contribution is -0.174. The molecule has 0 aliphatic rings. The lowest BCUT2D eigenvalue weighted by atomic mass is 10.0. The van der Waals surface area contributed by atoms with Gasteiger partial charge >= 0.3 is 5.97 Å². The molecule has 0 spiro atoms. The minimum Gasteiger partial charge on any atom is -0.437 e. The first kappa shape index (κ1) is 31.2. The normalized spacial score (nSPS) is 12.7. The molecule has 0 fully saturated rings. The summed E-state index contributed by atoms with van der Waals surface area (Å²) in [5.74, 6) is -1.66. The smallest absolute Gasteiger partial charge is 0.340 e. The van der Waals surface area contributed by atoms with E-state index in [-0.39, 0.29) is 6.61 Å². The van der Waals surface area contributed by atoms with Gasteiger partial charge in [0.25, 0.3) is 5.91 Å². The van der Waals surface area contributed by atoms with Crippen LogP contribution in [0.5, 0.6) is 0 Å². The number of aryl methyl sites for hydroxylation is 2. The standard InChI is InChI=1S/C35H41NO6/c37-25-42-35(40)32(38)33(41-22-10-2-4-12-27-18-20-29-14-6-8-16-31(29)24-27)34(39)36-21-9-1-3-11-26-17-19-28-13-5-7-15-30(28)23-26/h5-8,13-20,23-24,32-33,37-38H,1-4,9-12,21-22,25H2,(H,36,39). The van der Waals surface area contributed by atoms with Crippen molar-refractivity contribution in [3.63, 3.8) is 0 Å². The van der Waals surface area contributed by atoms with Gasteiger partial charge in [0, 0.05) is 13.2 Å². The summed E-state index contributed by atoms with van der Waals surface area (Å²) in [6.45, 7) is -0.259. The first-order valence-corrected chi connectivity index (χ1v) is 14.9. The predicted octanol–water partition coefficient (Wildman–Crippen LogP) is 5.47. The maximum atomic E-state index is 12.8. The number of rotatable bonds is 17. The van der Waals surface area contributed by atoms with Crippen LogP contribution in [0.3, 0.4) is 0 Å². The number of carbonyl (C=O) groups is 2. The van der Waals surface area contributed by atoms with E-state index < -0.39 is 30.9 Å². The van der Waals surface area contributed by atoms with Gasteiger partial charge < -0.3 is 25.0 Å². The second-order valence-corrected chi connectivity index (χ2v) is 10.6. The molecule has 222 valence electrons. The number of aliphatic hydroxyl groups excluding tert-OH is 2. The molecule has 7 nitrogen and oxygen atoms in total. The zero-order chi connectivity index (χ0) is 29.6. The van der Waals surface area contributed by atoms with Crippen LogP contribution < -0.4 is 5.32 Å². The summed E-state index contributed by atoms with van der Waals surface area (Å²) in [5, 5.41) is 27.0. The molecule has 0 saturated heterocycles. The van der Waals surface area contributed by atoms with Crippen LogP contribution in [0.15, 0.2) is 84.9 Å². The van der Waals surface area contributed by atoms with Crippen molar-refractivity contribution >= 4 is 33.4 Å². The van der Waals surface area contributed by atoms with Gasteiger partial charge in [-0.05, 0) is 71.2 Å². The Morgan fingerprint density at radius 3 is 1.81 bits per heavy atom. The first-order valence-electron chi connectivity index (χ1n) is 14.9. The van der Waals surface area contributed by atoms with Crippen LogP contribution in [-0.4, -0.2) is 54.2 Å². The van der Waals surface area contributed by atoms with Gasteiger partial charge in [0.1, 0.15) is 0 Å². The molecule has 0 bridgehead atoms. The summed E-state index contributed by atoms with van der Waals surface area (Å²) in [4.78, 5) is 24.8. The summed E-state index contributed by atoms with van der Waals surface area (Å²) in [6, 6.07) is 29.6. The highest BCUT2D eigenvalue weighted by Crippen LogP contribution is 2.18. The summed E-state index contributed by atoms with van der Waals surface area (Å²) in [5.41, 5.74) is 2.56. The third-order valence-corrected chi connectivity index (χ3v) is 7.47. The summed E-state index contributed by atoms with van der Waals surface area (Å²) >= 11 is 0. The second kappa shape index (κ2) is 16.6. The average molecular weight is 572 g/mol. The van der Waals surface area contributed by atoms with E-state index in [9.17, 15) is 14.7 Å². The molecule has 3 N–H and O–H groups in total. The van der Waals surface area contributed by atoms with Crippen LogP contribution in [0.1, 0.15) is 49.7 Å². The number of nitrogens with one attached hydrogen (secondary N) is 1. The Bertz CT molecular complexity index is 1440. The molecule has 2 unspecified atom stereocenters. The highest BCUT2D eigenvalue weighted by Gasteiger charge is 2.34. The van der Waals surface area contributed by atoms with Gasteiger partial charge in [0.2, 0.25) is 0 Å². The van der Waals surface area contributed by atoms with Crippen LogP contribution >= 0.6 is 0 Å². The Balaban J connectivity index is 1.16. The van der Waals surface area contributed by atoms with Gasteiger partial charge in [-0.2, -0.15) is 0 Å². The van der Waals surface area contributed by atoms with Crippen LogP contribution in [0.2, 0.25) is 0 Å². The number of aliphatic hydroxyl groups is 2. The van der Waals surface area contributed by atoms with Crippen molar-refractivity contribution in [2.24, 2.45) is 0 Å². The maximum absolute atomic E-state index is 12.8. The topological polar surface area (TPSA) is 105 Å². The van der Waals surface area contributed by atoms with Crippen LogP contribution in [0, 0.1) is 0 Å². The Morgan fingerprint density at radius 2 is 1.24 bits per heavy atom. The molecule has 4 aromatic carbocycles. The number of esters is 1. The van der Waals surface area contributed by atoms with Crippen molar-refractivity contribution in [2.45, 2.75) is 63.6 Å². The van der Waals surface area contributed by atoms with Gasteiger partial charge in [-0.25, -0.2) is 4.79 Å². The molecule has 4 rings (SSSR count). The molecule has 0 heterocycles. The average Bonchev–Trinajstić information content (AvgIpc) is 3.02. The van der Waals surface area contributed by atoms with Crippen LogP contribution in [0.4, 0.5) is 0 Å². The van der Waals surface area contributed by atoms with E-state index in [0.29, 0.717) is 13.0 Å². The van der Waals surface area contributed by atoms with E-state index in [4.69, 9.17) is 9.84 Å². The van der Waals surface area contributed by atoms with Gasteiger partial charge in [0.15, 0.2) is 19.0 Å². The number of amides is 1. The minimum absolute atomic E-state index is 0.213. The second-order valence-electron chi connectivity index (χ2n) is 10.6. The molecule has 4 aromatic rings. The number of unbranched alkanes of at least 4 members (excludes halogenated alkanes) is 4. The van der Waals surface area contributed by atoms with E-state index in [0.717, 1.165) is 44.9 Å². The lowest BCUT2D eigenvalue weighted by Crippen LogP contribution is -2.48. The van der Waals surface area contributed by atoms with E-state index in [1.807, 2.05) is 24.3 Å². The van der Waals surface area contributed by atoms with Gasteiger partial charge in [-0.3, -0.25) is 4.79 Å². The van der Waals surface area contributed by atoms with Crippen molar-refractivity contribution < 1.29 is 29.3 Å². The highest BCUT2D eigenvalue weighted by atomic mass is 16.6. The Labute approximate surface area is 247 Å². The van der Waals surface area contributed by atoms with E-state index in [1.54, 1.807) is 0 Å². The Morgan fingerprint density at radius 1 is 0.690 bits per heavy atom. The third kappa shape index (κ3) is 9.38. The molecule has 0 aliphatic heterocycles. The van der Waals surface area contributed by atoms with E-state index in [1.165, 1.54) is 32.7 Å². The maximum Gasteiger partial charge on any atom is 0.340 e. The monoisotopic (exact) mass is 571 g/mol. The summed E-state index contributed by atoms with van der Waals surface area (Å²) < 4.78 is 10.2. The number of hydrogen-bond acceptors (Lipinski definition) is 6. The highest BCUT2D eigenvalue weighted by molar-refractivity contribution is 5.88. The van der Waals surface area contributed by atoms with Gasteiger partial charge in [-0.15, -0.1) is 0 Å². The molecule has 0 aliphatic carbocycles. The molecular weight excluding hydrogens is 530 g/mol.